The van der Waals surface area contributed by atoms with Gasteiger partial charge in [0.15, 0.2) is 0 Å². The molecule has 3 aromatic rings. The minimum absolute atomic E-state index is 0.111. The van der Waals surface area contributed by atoms with Gasteiger partial charge in [0.1, 0.15) is 12.4 Å². The quantitative estimate of drug-likeness (QED) is 0.535. The van der Waals surface area contributed by atoms with Crippen LogP contribution in [0.2, 0.25) is 5.02 Å². The summed E-state index contributed by atoms with van der Waals surface area (Å²) in [6.45, 7) is 2.80. The summed E-state index contributed by atoms with van der Waals surface area (Å²) in [6.07, 6.45) is 3.99. The fourth-order valence-corrected chi connectivity index (χ4v) is 3.58. The molecule has 1 N–H and O–H groups in total. The van der Waals surface area contributed by atoms with Crippen LogP contribution in [0.15, 0.2) is 66.1 Å². The van der Waals surface area contributed by atoms with Crippen LogP contribution < -0.4 is 10.1 Å². The first-order valence-corrected chi connectivity index (χ1v) is 9.86. The topological polar surface area (TPSA) is 38.3 Å². The second-order valence-corrected chi connectivity index (χ2v) is 7.24. The Kier molecular flexibility index (Phi) is 6.69. The highest BCUT2D eigenvalue weighted by atomic mass is 35.5. The number of para-hydroxylation sites is 1. The van der Waals surface area contributed by atoms with Crippen molar-refractivity contribution in [3.8, 4) is 5.75 Å². The molecule has 0 aliphatic rings. The van der Waals surface area contributed by atoms with Crippen LogP contribution in [0.4, 0.5) is 0 Å². The lowest BCUT2D eigenvalue weighted by Crippen LogP contribution is -2.21. The monoisotopic (exact) mass is 397 g/mol. The van der Waals surface area contributed by atoms with Crippen LogP contribution in [0.1, 0.15) is 33.3 Å². The molecule has 2 aromatic carbocycles. The van der Waals surface area contributed by atoms with Gasteiger partial charge in [-0.15, -0.1) is 11.3 Å². The summed E-state index contributed by atoms with van der Waals surface area (Å²) in [5.74, 6) is 0.715. The van der Waals surface area contributed by atoms with E-state index in [2.05, 4.69) is 5.32 Å². The molecule has 1 aromatic heterocycles. The van der Waals surface area contributed by atoms with Crippen molar-refractivity contribution in [3.63, 3.8) is 0 Å². The normalized spacial score (nSPS) is 10.9. The van der Waals surface area contributed by atoms with Crippen molar-refractivity contribution in [1.82, 2.24) is 5.32 Å². The zero-order valence-electron chi connectivity index (χ0n) is 14.9. The van der Waals surface area contributed by atoms with Gasteiger partial charge in [-0.3, -0.25) is 4.79 Å². The van der Waals surface area contributed by atoms with Crippen molar-refractivity contribution >= 4 is 34.9 Å². The number of thiophene rings is 1. The highest BCUT2D eigenvalue weighted by Crippen LogP contribution is 2.22. The van der Waals surface area contributed by atoms with Gasteiger partial charge in [0, 0.05) is 22.7 Å². The standard InChI is InChI=1S/C22H20ClNO2S/c1-2-7-17-8-4-6-11-20(17)26-14-16-12-21(27-15-16)22(25)24-13-18-9-3-5-10-19(18)23/h2-12,15H,13-14H2,1H3,(H,24,25)/b7-2+. The fraction of sp³-hybridized carbons (Fsp3) is 0.136. The summed E-state index contributed by atoms with van der Waals surface area (Å²) in [4.78, 5) is 13.0. The summed E-state index contributed by atoms with van der Waals surface area (Å²) >= 11 is 7.53. The highest BCUT2D eigenvalue weighted by molar-refractivity contribution is 7.12. The van der Waals surface area contributed by atoms with Crippen molar-refractivity contribution in [1.29, 1.82) is 0 Å². The largest absolute Gasteiger partial charge is 0.488 e. The Hall–Kier alpha value is -2.56. The summed E-state index contributed by atoms with van der Waals surface area (Å²) in [7, 11) is 0. The molecule has 0 spiro atoms. The van der Waals surface area contributed by atoms with E-state index in [9.17, 15) is 4.79 Å². The molecule has 3 nitrogen and oxygen atoms in total. The number of hydrogen-bond acceptors (Lipinski definition) is 3. The van der Waals surface area contributed by atoms with Crippen LogP contribution in [0.25, 0.3) is 6.08 Å². The third kappa shape index (κ3) is 5.22. The van der Waals surface area contributed by atoms with Crippen LogP contribution in [-0.4, -0.2) is 5.91 Å². The summed E-state index contributed by atoms with van der Waals surface area (Å²) < 4.78 is 5.92. The van der Waals surface area contributed by atoms with E-state index in [-0.39, 0.29) is 5.91 Å². The van der Waals surface area contributed by atoms with Gasteiger partial charge < -0.3 is 10.1 Å². The van der Waals surface area contributed by atoms with Gasteiger partial charge in [0.05, 0.1) is 4.88 Å². The van der Waals surface area contributed by atoms with Gasteiger partial charge in [-0.2, -0.15) is 0 Å². The van der Waals surface area contributed by atoms with Gasteiger partial charge in [-0.05, 0) is 36.1 Å². The number of carbonyl (C=O) groups is 1. The van der Waals surface area contributed by atoms with E-state index in [4.69, 9.17) is 16.3 Å². The van der Waals surface area contributed by atoms with E-state index in [1.807, 2.05) is 79.1 Å². The van der Waals surface area contributed by atoms with Crippen LogP contribution >= 0.6 is 22.9 Å². The molecular formula is C22H20ClNO2S. The molecule has 3 rings (SSSR count). The Bertz CT molecular complexity index is 949. The van der Waals surface area contributed by atoms with Gasteiger partial charge in [-0.25, -0.2) is 0 Å². The van der Waals surface area contributed by atoms with Gasteiger partial charge >= 0.3 is 0 Å². The average molecular weight is 398 g/mol. The SMILES string of the molecule is C/C=C/c1ccccc1OCc1csc(C(=O)NCc2ccccc2Cl)c1. The molecule has 0 radical (unpaired) electrons. The highest BCUT2D eigenvalue weighted by Gasteiger charge is 2.10. The van der Waals surface area contributed by atoms with Gasteiger partial charge in [0.25, 0.3) is 5.91 Å². The third-order valence-electron chi connectivity index (χ3n) is 3.93. The number of allylic oxidation sites excluding steroid dienone is 1. The van der Waals surface area contributed by atoms with Crippen molar-refractivity contribution in [3.05, 3.63) is 92.6 Å². The maximum Gasteiger partial charge on any atom is 0.261 e. The van der Waals surface area contributed by atoms with Gasteiger partial charge in [0.2, 0.25) is 0 Å². The minimum atomic E-state index is -0.111. The molecule has 0 aliphatic carbocycles. The molecule has 0 aliphatic heterocycles. The van der Waals surface area contributed by atoms with Crippen molar-refractivity contribution in [2.75, 3.05) is 0 Å². The smallest absolute Gasteiger partial charge is 0.261 e. The average Bonchev–Trinajstić information content (AvgIpc) is 3.16. The zero-order valence-corrected chi connectivity index (χ0v) is 16.5. The number of rotatable bonds is 7. The molecule has 0 atom stereocenters. The molecule has 0 bridgehead atoms. The zero-order chi connectivity index (χ0) is 19.1. The van der Waals surface area contributed by atoms with Crippen LogP contribution in [0, 0.1) is 0 Å². The Balaban J connectivity index is 1.58. The molecular weight excluding hydrogens is 378 g/mol. The first kappa shape index (κ1) is 19.2. The van der Waals surface area contributed by atoms with E-state index >= 15 is 0 Å². The van der Waals surface area contributed by atoms with E-state index in [0.717, 1.165) is 22.4 Å². The number of benzene rings is 2. The van der Waals surface area contributed by atoms with Crippen LogP contribution in [-0.2, 0) is 13.2 Å². The lowest BCUT2D eigenvalue weighted by atomic mass is 10.2. The Morgan fingerprint density at radius 2 is 1.96 bits per heavy atom. The van der Waals surface area contributed by atoms with Crippen LogP contribution in [0.3, 0.4) is 0 Å². The molecule has 138 valence electrons. The first-order valence-electron chi connectivity index (χ1n) is 8.61. The second kappa shape index (κ2) is 9.40. The van der Waals surface area contributed by atoms with E-state index in [0.29, 0.717) is 23.1 Å². The first-order chi connectivity index (χ1) is 13.2. The Morgan fingerprint density at radius 1 is 1.19 bits per heavy atom. The molecule has 0 fully saturated rings. The molecule has 27 heavy (non-hydrogen) atoms. The van der Waals surface area contributed by atoms with Crippen molar-refractivity contribution in [2.24, 2.45) is 0 Å². The summed E-state index contributed by atoms with van der Waals surface area (Å²) in [6, 6.07) is 17.2. The molecule has 5 heteroatoms. The predicted octanol–water partition coefficient (Wildman–Crippen LogP) is 5.94. The lowest BCUT2D eigenvalue weighted by Gasteiger charge is -2.08. The van der Waals surface area contributed by atoms with Crippen molar-refractivity contribution in [2.45, 2.75) is 20.1 Å². The Labute approximate surface area is 168 Å². The number of carbonyl (C=O) groups excluding carboxylic acids is 1. The number of hydrogen-bond donors (Lipinski definition) is 1. The lowest BCUT2D eigenvalue weighted by molar-refractivity contribution is 0.0955. The van der Waals surface area contributed by atoms with Gasteiger partial charge in [-0.1, -0.05) is 60.2 Å². The summed E-state index contributed by atoms with van der Waals surface area (Å²) in [5.41, 5.74) is 2.90. The minimum Gasteiger partial charge on any atom is -0.488 e. The number of ether oxygens (including phenoxy) is 1. The maximum atomic E-state index is 12.4. The maximum absolute atomic E-state index is 12.4. The van der Waals surface area contributed by atoms with Crippen molar-refractivity contribution < 1.29 is 9.53 Å². The van der Waals surface area contributed by atoms with Crippen LogP contribution in [0.5, 0.6) is 5.75 Å². The third-order valence-corrected chi connectivity index (χ3v) is 5.28. The molecule has 0 saturated carbocycles. The summed E-state index contributed by atoms with van der Waals surface area (Å²) in [5, 5.41) is 5.50. The Morgan fingerprint density at radius 3 is 2.78 bits per heavy atom. The molecule has 1 amide bonds. The second-order valence-electron chi connectivity index (χ2n) is 5.92. The van der Waals surface area contributed by atoms with E-state index in [1.165, 1.54) is 11.3 Å². The molecule has 0 unspecified atom stereocenters. The van der Waals surface area contributed by atoms with E-state index in [1.54, 1.807) is 0 Å². The fourth-order valence-electron chi connectivity index (χ4n) is 2.57. The number of amides is 1. The van der Waals surface area contributed by atoms with E-state index < -0.39 is 0 Å². The number of nitrogens with one attached hydrogen (secondary N) is 1. The number of halogens is 1. The predicted molar refractivity (Wildman–Crippen MR) is 112 cm³/mol. The molecule has 1 heterocycles. The molecule has 0 saturated heterocycles.